The summed E-state index contributed by atoms with van der Waals surface area (Å²) in [6, 6.07) is 7.12. The summed E-state index contributed by atoms with van der Waals surface area (Å²) in [6.07, 6.45) is 0. The lowest BCUT2D eigenvalue weighted by Gasteiger charge is -1.98. The molecule has 0 aliphatic carbocycles. The van der Waals surface area contributed by atoms with Crippen molar-refractivity contribution in [3.8, 4) is 0 Å². The maximum atomic E-state index is 10.7. The van der Waals surface area contributed by atoms with Gasteiger partial charge in [0.15, 0.2) is 6.04 Å². The van der Waals surface area contributed by atoms with E-state index >= 15 is 0 Å². The smallest absolute Gasteiger partial charge is 0.329 e. The maximum Gasteiger partial charge on any atom is 0.329 e. The number of hydrogen-bond acceptors (Lipinski definition) is 3. The molecule has 1 aromatic rings. The average molecular weight is 286 g/mol. The molecular weight excluding hydrogens is 278 g/mol. The zero-order chi connectivity index (χ0) is 10.8. The van der Waals surface area contributed by atoms with Crippen molar-refractivity contribution in [3.63, 3.8) is 0 Å². The molecule has 2 rings (SSSR count). The van der Waals surface area contributed by atoms with E-state index in [0.717, 1.165) is 15.1 Å². The highest BCUT2D eigenvalue weighted by atomic mass is 79.9. The normalized spacial score (nSPS) is 20.1. The van der Waals surface area contributed by atoms with Crippen LogP contribution in [0.5, 0.6) is 0 Å². The molecule has 15 heavy (non-hydrogen) atoms. The van der Waals surface area contributed by atoms with Gasteiger partial charge in [0, 0.05) is 15.8 Å². The summed E-state index contributed by atoms with van der Waals surface area (Å²) in [6.45, 7) is 0. The van der Waals surface area contributed by atoms with Crippen molar-refractivity contribution in [2.24, 2.45) is 4.99 Å². The van der Waals surface area contributed by atoms with Gasteiger partial charge in [-0.1, -0.05) is 28.1 Å². The predicted molar refractivity (Wildman–Crippen MR) is 64.6 cm³/mol. The van der Waals surface area contributed by atoms with Crippen LogP contribution >= 0.6 is 27.7 Å². The molecule has 0 radical (unpaired) electrons. The second-order valence-corrected chi connectivity index (χ2v) is 5.03. The third-order valence-corrected chi connectivity index (χ3v) is 3.65. The molecule has 0 amide bonds. The third kappa shape index (κ3) is 2.41. The van der Waals surface area contributed by atoms with Gasteiger partial charge in [-0.2, -0.15) is 0 Å². The zero-order valence-electron chi connectivity index (χ0n) is 7.68. The minimum atomic E-state index is -0.852. The number of thioether (sulfide) groups is 1. The van der Waals surface area contributed by atoms with Crippen molar-refractivity contribution < 1.29 is 9.90 Å². The van der Waals surface area contributed by atoms with Crippen LogP contribution in [0.3, 0.4) is 0 Å². The molecule has 0 fully saturated rings. The molecule has 1 unspecified atom stereocenters. The minimum absolute atomic E-state index is 0.529. The van der Waals surface area contributed by atoms with Gasteiger partial charge in [-0.25, -0.2) is 4.79 Å². The van der Waals surface area contributed by atoms with Crippen molar-refractivity contribution in [2.45, 2.75) is 6.04 Å². The van der Waals surface area contributed by atoms with Gasteiger partial charge in [0.05, 0.1) is 5.04 Å². The molecule has 1 atom stereocenters. The maximum absolute atomic E-state index is 10.7. The lowest BCUT2D eigenvalue weighted by Crippen LogP contribution is -2.17. The second-order valence-electron chi connectivity index (χ2n) is 3.11. The Hall–Kier alpha value is -0.810. The van der Waals surface area contributed by atoms with E-state index < -0.39 is 12.0 Å². The summed E-state index contributed by atoms with van der Waals surface area (Å²) in [5.41, 5.74) is 0.979. The highest BCUT2D eigenvalue weighted by Crippen LogP contribution is 2.24. The zero-order valence-corrected chi connectivity index (χ0v) is 10.1. The minimum Gasteiger partial charge on any atom is -0.480 e. The van der Waals surface area contributed by atoms with Crippen molar-refractivity contribution in [3.05, 3.63) is 34.3 Å². The van der Waals surface area contributed by atoms with E-state index in [1.807, 2.05) is 24.3 Å². The lowest BCUT2D eigenvalue weighted by atomic mass is 10.2. The quantitative estimate of drug-likeness (QED) is 0.908. The van der Waals surface area contributed by atoms with Gasteiger partial charge >= 0.3 is 5.97 Å². The molecule has 0 bridgehead atoms. The van der Waals surface area contributed by atoms with Gasteiger partial charge in [-0.3, -0.25) is 4.99 Å². The molecular formula is C10H8BrNO2S. The number of halogens is 1. The van der Waals surface area contributed by atoms with E-state index in [-0.39, 0.29) is 0 Å². The standard InChI is InChI=1S/C10H8BrNO2S/c11-7-3-1-6(2-4-7)9-12-8(5-15-9)10(13)14/h1-4,8H,5H2,(H,13,14). The van der Waals surface area contributed by atoms with Crippen LogP contribution in [0.4, 0.5) is 0 Å². The fourth-order valence-corrected chi connectivity index (χ4v) is 2.55. The van der Waals surface area contributed by atoms with E-state index in [0.29, 0.717) is 5.75 Å². The monoisotopic (exact) mass is 285 g/mol. The van der Waals surface area contributed by atoms with Crippen LogP contribution in [0.1, 0.15) is 5.56 Å². The Morgan fingerprint density at radius 3 is 2.67 bits per heavy atom. The Labute approximate surface area is 99.7 Å². The highest BCUT2D eigenvalue weighted by molar-refractivity contribution is 9.10. The number of carboxylic acid groups (broad SMARTS) is 1. The van der Waals surface area contributed by atoms with E-state index in [9.17, 15) is 4.79 Å². The summed E-state index contributed by atoms with van der Waals surface area (Å²) >= 11 is 4.84. The summed E-state index contributed by atoms with van der Waals surface area (Å²) in [5, 5.41) is 9.61. The van der Waals surface area contributed by atoms with Crippen molar-refractivity contribution in [1.29, 1.82) is 0 Å². The molecule has 1 heterocycles. The highest BCUT2D eigenvalue weighted by Gasteiger charge is 2.24. The number of hydrogen-bond donors (Lipinski definition) is 1. The van der Waals surface area contributed by atoms with Crippen molar-refractivity contribution >= 4 is 38.7 Å². The molecule has 1 aliphatic heterocycles. The van der Waals surface area contributed by atoms with Gasteiger partial charge in [0.2, 0.25) is 0 Å². The Balaban J connectivity index is 2.22. The molecule has 5 heteroatoms. The van der Waals surface area contributed by atoms with Crippen LogP contribution < -0.4 is 0 Å². The number of carboxylic acids is 1. The van der Waals surface area contributed by atoms with Gasteiger partial charge < -0.3 is 5.11 Å². The van der Waals surface area contributed by atoms with E-state index in [4.69, 9.17) is 5.11 Å². The molecule has 0 spiro atoms. The molecule has 0 aromatic heterocycles. The third-order valence-electron chi connectivity index (χ3n) is 2.03. The number of aliphatic carboxylic acids is 1. The van der Waals surface area contributed by atoms with Crippen LogP contribution in [-0.4, -0.2) is 27.9 Å². The first-order chi connectivity index (χ1) is 7.16. The molecule has 0 saturated heterocycles. The van der Waals surface area contributed by atoms with Crippen LogP contribution in [0.15, 0.2) is 33.7 Å². The van der Waals surface area contributed by atoms with Gasteiger partial charge in [-0.15, -0.1) is 11.8 Å². The topological polar surface area (TPSA) is 49.7 Å². The molecule has 1 aliphatic rings. The first-order valence-electron chi connectivity index (χ1n) is 4.36. The van der Waals surface area contributed by atoms with Crippen LogP contribution in [-0.2, 0) is 4.79 Å². The van der Waals surface area contributed by atoms with Gasteiger partial charge in [-0.05, 0) is 12.1 Å². The summed E-state index contributed by atoms with van der Waals surface area (Å²) in [5.74, 6) is -0.324. The first-order valence-corrected chi connectivity index (χ1v) is 6.14. The molecule has 3 nitrogen and oxygen atoms in total. The van der Waals surface area contributed by atoms with Gasteiger partial charge in [0.1, 0.15) is 0 Å². The Morgan fingerprint density at radius 1 is 1.47 bits per heavy atom. The number of benzene rings is 1. The number of carbonyl (C=O) groups is 1. The molecule has 78 valence electrons. The fourth-order valence-electron chi connectivity index (χ4n) is 1.25. The largest absolute Gasteiger partial charge is 0.480 e. The summed E-state index contributed by atoms with van der Waals surface area (Å²) < 4.78 is 1.00. The Bertz CT molecular complexity index is 416. The van der Waals surface area contributed by atoms with Crippen molar-refractivity contribution in [2.75, 3.05) is 5.75 Å². The molecule has 1 aromatic carbocycles. The predicted octanol–water partition coefficient (Wildman–Crippen LogP) is 2.40. The Kier molecular flexibility index (Phi) is 3.11. The van der Waals surface area contributed by atoms with E-state index in [1.165, 1.54) is 11.8 Å². The van der Waals surface area contributed by atoms with Crippen LogP contribution in [0, 0.1) is 0 Å². The van der Waals surface area contributed by atoms with Crippen LogP contribution in [0.25, 0.3) is 0 Å². The lowest BCUT2D eigenvalue weighted by molar-refractivity contribution is -0.137. The molecule has 1 N–H and O–H groups in total. The molecule has 0 saturated carbocycles. The summed E-state index contributed by atoms with van der Waals surface area (Å²) in [4.78, 5) is 14.9. The van der Waals surface area contributed by atoms with Crippen LogP contribution in [0.2, 0.25) is 0 Å². The average Bonchev–Trinajstić information content (AvgIpc) is 2.68. The van der Waals surface area contributed by atoms with Gasteiger partial charge in [0.25, 0.3) is 0 Å². The summed E-state index contributed by atoms with van der Waals surface area (Å²) in [7, 11) is 0. The van der Waals surface area contributed by atoms with E-state index in [2.05, 4.69) is 20.9 Å². The van der Waals surface area contributed by atoms with E-state index in [1.54, 1.807) is 0 Å². The fraction of sp³-hybridized carbons (Fsp3) is 0.200. The number of nitrogens with zero attached hydrogens (tertiary/aromatic N) is 1. The first kappa shape index (κ1) is 10.7. The number of rotatable bonds is 2. The second kappa shape index (κ2) is 4.37. The van der Waals surface area contributed by atoms with Crippen molar-refractivity contribution in [1.82, 2.24) is 0 Å². The number of aliphatic imine (C=N–C) groups is 1. The Morgan fingerprint density at radius 2 is 2.13 bits per heavy atom. The SMILES string of the molecule is O=C(O)C1CSC(c2ccc(Br)cc2)=N1.